The highest BCUT2D eigenvalue weighted by atomic mass is 19.1. The van der Waals surface area contributed by atoms with Crippen molar-refractivity contribution < 1.29 is 18.7 Å². The standard InChI is InChI=1S/C21H23F2NO2/c22-17-9-5-15(6-10-17)19(16-7-11-18(23)12-8-16)3-1-13-24-14-2-4-20(24)21(25)26/h5-12,19-20H,1-4,13-14H2,(H,25,26)/t20-/m0/s1. The van der Waals surface area contributed by atoms with Gasteiger partial charge < -0.3 is 5.11 Å². The van der Waals surface area contributed by atoms with Gasteiger partial charge in [-0.05, 0) is 74.2 Å². The molecule has 3 nitrogen and oxygen atoms in total. The predicted octanol–water partition coefficient (Wildman–Crippen LogP) is 4.43. The number of hydrogen-bond acceptors (Lipinski definition) is 2. The smallest absolute Gasteiger partial charge is 0.320 e. The number of hydrogen-bond donors (Lipinski definition) is 1. The van der Waals surface area contributed by atoms with Crippen molar-refractivity contribution in [2.24, 2.45) is 0 Å². The van der Waals surface area contributed by atoms with Crippen LogP contribution in [0.2, 0.25) is 0 Å². The molecule has 5 heteroatoms. The van der Waals surface area contributed by atoms with Crippen molar-refractivity contribution in [1.29, 1.82) is 0 Å². The lowest BCUT2D eigenvalue weighted by atomic mass is 9.87. The van der Waals surface area contributed by atoms with Gasteiger partial charge in [0.25, 0.3) is 0 Å². The summed E-state index contributed by atoms with van der Waals surface area (Å²) in [5, 5.41) is 9.29. The first-order chi connectivity index (χ1) is 12.5. The maximum atomic E-state index is 13.3. The summed E-state index contributed by atoms with van der Waals surface area (Å²) < 4.78 is 26.5. The van der Waals surface area contributed by atoms with Crippen LogP contribution in [0.3, 0.4) is 0 Å². The maximum Gasteiger partial charge on any atom is 0.320 e. The van der Waals surface area contributed by atoms with Gasteiger partial charge in [-0.25, -0.2) is 8.78 Å². The lowest BCUT2D eigenvalue weighted by molar-refractivity contribution is -0.142. The lowest BCUT2D eigenvalue weighted by Gasteiger charge is -2.23. The molecule has 26 heavy (non-hydrogen) atoms. The first kappa shape index (κ1) is 18.5. The summed E-state index contributed by atoms with van der Waals surface area (Å²) in [6.07, 6.45) is 3.23. The van der Waals surface area contributed by atoms with Gasteiger partial charge in [0.2, 0.25) is 0 Å². The molecule has 1 heterocycles. The fourth-order valence-electron chi connectivity index (χ4n) is 3.79. The quantitative estimate of drug-likeness (QED) is 0.795. The van der Waals surface area contributed by atoms with Crippen LogP contribution >= 0.6 is 0 Å². The Morgan fingerprint density at radius 3 is 2.08 bits per heavy atom. The van der Waals surface area contributed by atoms with Gasteiger partial charge in [-0.15, -0.1) is 0 Å². The van der Waals surface area contributed by atoms with Gasteiger partial charge in [0.05, 0.1) is 0 Å². The summed E-state index contributed by atoms with van der Waals surface area (Å²) in [6.45, 7) is 1.53. The van der Waals surface area contributed by atoms with Crippen molar-refractivity contribution in [3.05, 3.63) is 71.3 Å². The molecule has 0 aromatic heterocycles. The second-order valence-electron chi connectivity index (χ2n) is 6.83. The zero-order valence-electron chi connectivity index (χ0n) is 14.6. The Balaban J connectivity index is 1.70. The average Bonchev–Trinajstić information content (AvgIpc) is 3.10. The normalized spacial score (nSPS) is 17.7. The molecule has 0 radical (unpaired) electrons. The minimum atomic E-state index is -0.754. The van der Waals surface area contributed by atoms with Crippen LogP contribution < -0.4 is 0 Å². The fraction of sp³-hybridized carbons (Fsp3) is 0.381. The van der Waals surface area contributed by atoms with Gasteiger partial charge >= 0.3 is 5.97 Å². The van der Waals surface area contributed by atoms with Gasteiger partial charge in [0.1, 0.15) is 17.7 Å². The van der Waals surface area contributed by atoms with Crippen LogP contribution in [0.25, 0.3) is 0 Å². The Hall–Kier alpha value is -2.27. The number of halogens is 2. The first-order valence-electron chi connectivity index (χ1n) is 9.02. The first-order valence-corrected chi connectivity index (χ1v) is 9.02. The van der Waals surface area contributed by atoms with Crippen molar-refractivity contribution in [3.8, 4) is 0 Å². The predicted molar refractivity (Wildman–Crippen MR) is 96.1 cm³/mol. The van der Waals surface area contributed by atoms with E-state index < -0.39 is 5.97 Å². The van der Waals surface area contributed by atoms with Crippen LogP contribution in [0.15, 0.2) is 48.5 Å². The van der Waals surface area contributed by atoms with Gasteiger partial charge in [-0.2, -0.15) is 0 Å². The van der Waals surface area contributed by atoms with E-state index in [0.717, 1.165) is 43.5 Å². The minimum Gasteiger partial charge on any atom is -0.480 e. The zero-order chi connectivity index (χ0) is 18.5. The van der Waals surface area contributed by atoms with Gasteiger partial charge in [-0.3, -0.25) is 9.69 Å². The molecular formula is C21H23F2NO2. The van der Waals surface area contributed by atoms with E-state index in [2.05, 4.69) is 0 Å². The van der Waals surface area contributed by atoms with E-state index in [0.29, 0.717) is 6.42 Å². The lowest BCUT2D eigenvalue weighted by Crippen LogP contribution is -2.36. The Morgan fingerprint density at radius 1 is 1.04 bits per heavy atom. The van der Waals surface area contributed by atoms with E-state index in [9.17, 15) is 18.7 Å². The second-order valence-corrected chi connectivity index (χ2v) is 6.83. The molecule has 0 bridgehead atoms. The van der Waals surface area contributed by atoms with E-state index in [-0.39, 0.29) is 23.6 Å². The molecule has 1 aliphatic heterocycles. The molecule has 1 N–H and O–H groups in total. The monoisotopic (exact) mass is 359 g/mol. The van der Waals surface area contributed by atoms with Crippen molar-refractivity contribution in [2.75, 3.05) is 13.1 Å². The largest absolute Gasteiger partial charge is 0.480 e. The molecular weight excluding hydrogens is 336 g/mol. The van der Waals surface area contributed by atoms with Crippen LogP contribution in [0.5, 0.6) is 0 Å². The molecule has 0 saturated carbocycles. The summed E-state index contributed by atoms with van der Waals surface area (Å²) in [4.78, 5) is 13.3. The molecule has 2 aromatic carbocycles. The van der Waals surface area contributed by atoms with Gasteiger partial charge in [0.15, 0.2) is 0 Å². The number of carbonyl (C=O) groups is 1. The SMILES string of the molecule is O=C(O)[C@@H]1CCCN1CCCC(c1ccc(F)cc1)c1ccc(F)cc1. The number of carboxylic acid groups (broad SMARTS) is 1. The summed E-state index contributed by atoms with van der Waals surface area (Å²) in [5.41, 5.74) is 1.96. The zero-order valence-corrected chi connectivity index (χ0v) is 14.6. The third-order valence-electron chi connectivity index (χ3n) is 5.13. The van der Waals surface area contributed by atoms with Crippen molar-refractivity contribution in [2.45, 2.75) is 37.6 Å². The van der Waals surface area contributed by atoms with E-state index in [1.807, 2.05) is 4.90 Å². The van der Waals surface area contributed by atoms with Crippen molar-refractivity contribution in [3.63, 3.8) is 0 Å². The Bertz CT molecular complexity index is 685. The molecule has 0 unspecified atom stereocenters. The Labute approximate surface area is 152 Å². The van der Waals surface area contributed by atoms with Gasteiger partial charge in [-0.1, -0.05) is 24.3 Å². The van der Waals surface area contributed by atoms with Crippen LogP contribution in [-0.2, 0) is 4.79 Å². The highest BCUT2D eigenvalue weighted by Crippen LogP contribution is 2.30. The fourth-order valence-corrected chi connectivity index (χ4v) is 3.79. The third kappa shape index (κ3) is 4.47. The van der Waals surface area contributed by atoms with E-state index in [1.54, 1.807) is 24.3 Å². The van der Waals surface area contributed by atoms with E-state index in [1.165, 1.54) is 24.3 Å². The molecule has 0 spiro atoms. The Kier molecular flexibility index (Phi) is 5.99. The average molecular weight is 359 g/mol. The summed E-state index contributed by atoms with van der Waals surface area (Å²) >= 11 is 0. The topological polar surface area (TPSA) is 40.5 Å². The van der Waals surface area contributed by atoms with Crippen molar-refractivity contribution >= 4 is 5.97 Å². The number of nitrogens with zero attached hydrogens (tertiary/aromatic N) is 1. The number of carboxylic acids is 1. The Morgan fingerprint density at radius 2 is 1.58 bits per heavy atom. The molecule has 0 aliphatic carbocycles. The minimum absolute atomic E-state index is 0.0297. The van der Waals surface area contributed by atoms with Crippen LogP contribution in [0.4, 0.5) is 8.78 Å². The molecule has 1 saturated heterocycles. The molecule has 1 atom stereocenters. The number of aliphatic carboxylic acids is 1. The van der Waals surface area contributed by atoms with E-state index in [4.69, 9.17) is 0 Å². The molecule has 138 valence electrons. The summed E-state index contributed by atoms with van der Waals surface area (Å²) in [5.74, 6) is -1.29. The summed E-state index contributed by atoms with van der Waals surface area (Å²) in [6, 6.07) is 12.4. The molecule has 2 aromatic rings. The highest BCUT2D eigenvalue weighted by Gasteiger charge is 2.30. The van der Waals surface area contributed by atoms with Crippen LogP contribution in [0, 0.1) is 11.6 Å². The van der Waals surface area contributed by atoms with E-state index >= 15 is 0 Å². The summed E-state index contributed by atoms with van der Waals surface area (Å²) in [7, 11) is 0. The molecule has 1 fully saturated rings. The third-order valence-corrected chi connectivity index (χ3v) is 5.13. The van der Waals surface area contributed by atoms with Crippen LogP contribution in [0.1, 0.15) is 42.7 Å². The maximum absolute atomic E-state index is 13.3. The number of benzene rings is 2. The van der Waals surface area contributed by atoms with Crippen LogP contribution in [-0.4, -0.2) is 35.1 Å². The number of rotatable bonds is 7. The molecule has 3 rings (SSSR count). The highest BCUT2D eigenvalue weighted by molar-refractivity contribution is 5.73. The molecule has 0 amide bonds. The molecule has 1 aliphatic rings. The number of likely N-dealkylation sites (tertiary alicyclic amines) is 1. The second kappa shape index (κ2) is 8.41. The van der Waals surface area contributed by atoms with Crippen molar-refractivity contribution in [1.82, 2.24) is 4.90 Å². The van der Waals surface area contributed by atoms with Gasteiger partial charge in [0, 0.05) is 5.92 Å².